The molecular weight excluding hydrogens is 332 g/mol. The molecular formula is C22H20F2NO+. The second-order valence-corrected chi connectivity index (χ2v) is 6.35. The monoisotopic (exact) mass is 352 g/mol. The van der Waals surface area contributed by atoms with E-state index in [4.69, 9.17) is 4.74 Å². The molecule has 2 nitrogen and oxygen atoms in total. The predicted octanol–water partition coefficient (Wildman–Crippen LogP) is 4.85. The Morgan fingerprint density at radius 3 is 2.54 bits per heavy atom. The second kappa shape index (κ2) is 7.24. The third-order valence-corrected chi connectivity index (χ3v) is 4.77. The number of alkyl halides is 2. The van der Waals surface area contributed by atoms with Crippen LogP contribution in [0.2, 0.25) is 0 Å². The molecule has 0 aromatic heterocycles. The molecule has 0 N–H and O–H groups in total. The molecule has 0 saturated carbocycles. The molecule has 1 aliphatic rings. The Bertz CT molecular complexity index is 981. The molecule has 0 atom stereocenters. The summed E-state index contributed by atoms with van der Waals surface area (Å²) in [6.07, 6.45) is 0.805. The predicted molar refractivity (Wildman–Crippen MR) is 100 cm³/mol. The van der Waals surface area contributed by atoms with Gasteiger partial charge in [0.1, 0.15) is 25.7 Å². The van der Waals surface area contributed by atoms with Crippen LogP contribution >= 0.6 is 0 Å². The normalized spacial score (nSPS) is 13.3. The molecule has 0 aliphatic carbocycles. The first kappa shape index (κ1) is 16.7. The summed E-state index contributed by atoms with van der Waals surface area (Å²) in [5, 5.41) is 2.12. The number of halogens is 2. The van der Waals surface area contributed by atoms with E-state index < -0.39 is 6.67 Å². The summed E-state index contributed by atoms with van der Waals surface area (Å²) in [4.78, 5) is 0. The molecule has 0 radical (unpaired) electrons. The van der Waals surface area contributed by atoms with Crippen molar-refractivity contribution in [1.82, 2.24) is 0 Å². The zero-order chi connectivity index (χ0) is 17.9. The van der Waals surface area contributed by atoms with Gasteiger partial charge in [-0.15, -0.1) is 0 Å². The Labute approximate surface area is 151 Å². The zero-order valence-corrected chi connectivity index (χ0v) is 14.4. The van der Waals surface area contributed by atoms with Crippen molar-refractivity contribution in [2.24, 2.45) is 0 Å². The van der Waals surface area contributed by atoms with Crippen LogP contribution in [0.3, 0.4) is 0 Å². The van der Waals surface area contributed by atoms with Crippen LogP contribution in [-0.4, -0.2) is 36.8 Å². The van der Waals surface area contributed by atoms with Gasteiger partial charge in [-0.2, -0.15) is 4.58 Å². The van der Waals surface area contributed by atoms with E-state index >= 15 is 0 Å². The van der Waals surface area contributed by atoms with E-state index in [9.17, 15) is 8.78 Å². The van der Waals surface area contributed by atoms with Crippen molar-refractivity contribution in [3.63, 3.8) is 0 Å². The van der Waals surface area contributed by atoms with Crippen LogP contribution in [-0.2, 0) is 6.42 Å². The van der Waals surface area contributed by atoms with Gasteiger partial charge < -0.3 is 4.74 Å². The molecule has 4 heteroatoms. The van der Waals surface area contributed by atoms with Crippen molar-refractivity contribution in [2.45, 2.75) is 6.42 Å². The first-order valence-electron chi connectivity index (χ1n) is 8.80. The Balaban J connectivity index is 1.73. The van der Waals surface area contributed by atoms with Gasteiger partial charge in [0.2, 0.25) is 5.69 Å². The number of hydrogen-bond acceptors (Lipinski definition) is 1. The molecule has 1 heterocycles. The van der Waals surface area contributed by atoms with Gasteiger partial charge in [0, 0.05) is 17.2 Å². The van der Waals surface area contributed by atoms with E-state index in [1.165, 1.54) is 5.56 Å². The molecule has 0 saturated heterocycles. The van der Waals surface area contributed by atoms with E-state index in [1.807, 2.05) is 42.5 Å². The lowest BCUT2D eigenvalue weighted by Crippen LogP contribution is -2.16. The smallest absolute Gasteiger partial charge is 0.209 e. The maximum Gasteiger partial charge on any atom is 0.209 e. The standard InChI is InChI=1S/C22H20F2NO/c23-9-11-25-21-4-2-1-3-18(21)15-22(25)19-6-5-17-14-20(26-12-10-24)8-7-16(17)13-19/h1-8,13-14H,9-12,15H2/q+1. The van der Waals surface area contributed by atoms with Gasteiger partial charge in [-0.25, -0.2) is 8.78 Å². The number of hydrogen-bond donors (Lipinski definition) is 0. The molecule has 4 rings (SSSR count). The molecule has 132 valence electrons. The molecule has 1 aliphatic heterocycles. The Hall–Kier alpha value is -2.75. The number of fused-ring (bicyclic) bond motifs is 2. The van der Waals surface area contributed by atoms with Crippen molar-refractivity contribution >= 4 is 22.2 Å². The maximum absolute atomic E-state index is 13.1. The Morgan fingerprint density at radius 2 is 1.69 bits per heavy atom. The summed E-state index contributed by atoms with van der Waals surface area (Å²) in [5.74, 6) is 0.669. The molecule has 3 aromatic rings. The SMILES string of the molecule is FCCOc1ccc2cc(C3=[N+](CCF)c4ccccc4C3)ccc2c1. The van der Waals surface area contributed by atoms with E-state index in [0.29, 0.717) is 12.3 Å². The molecule has 0 amide bonds. The number of benzene rings is 3. The summed E-state index contributed by atoms with van der Waals surface area (Å²) in [7, 11) is 0. The third-order valence-electron chi connectivity index (χ3n) is 4.77. The van der Waals surface area contributed by atoms with Crippen molar-refractivity contribution in [1.29, 1.82) is 0 Å². The van der Waals surface area contributed by atoms with Gasteiger partial charge in [-0.3, -0.25) is 0 Å². The van der Waals surface area contributed by atoms with Gasteiger partial charge in [-0.05, 0) is 35.0 Å². The second-order valence-electron chi connectivity index (χ2n) is 6.35. The van der Waals surface area contributed by atoms with E-state index in [0.717, 1.165) is 34.2 Å². The average Bonchev–Trinajstić information content (AvgIpc) is 3.05. The number of nitrogens with zero attached hydrogens (tertiary/aromatic N) is 1. The summed E-state index contributed by atoms with van der Waals surface area (Å²) in [5.41, 5.74) is 4.55. The number of rotatable bonds is 6. The van der Waals surface area contributed by atoms with Gasteiger partial charge in [-0.1, -0.05) is 30.3 Å². The Kier molecular flexibility index (Phi) is 4.65. The lowest BCUT2D eigenvalue weighted by molar-refractivity contribution is -0.438. The summed E-state index contributed by atoms with van der Waals surface area (Å²) in [6.45, 7) is -0.459. The minimum Gasteiger partial charge on any atom is -0.491 e. The van der Waals surface area contributed by atoms with Crippen molar-refractivity contribution in [3.05, 3.63) is 71.8 Å². The van der Waals surface area contributed by atoms with Gasteiger partial charge in [0.05, 0.1) is 6.42 Å². The quantitative estimate of drug-likeness (QED) is 0.578. The molecule has 3 aromatic carbocycles. The van der Waals surface area contributed by atoms with Crippen LogP contribution in [0.25, 0.3) is 10.8 Å². The van der Waals surface area contributed by atoms with Gasteiger partial charge in [0.15, 0.2) is 12.3 Å². The van der Waals surface area contributed by atoms with Gasteiger partial charge >= 0.3 is 0 Å². The highest BCUT2D eigenvalue weighted by Gasteiger charge is 2.30. The highest BCUT2D eigenvalue weighted by molar-refractivity contribution is 6.04. The van der Waals surface area contributed by atoms with Crippen LogP contribution in [0.15, 0.2) is 60.7 Å². The van der Waals surface area contributed by atoms with E-state index in [2.05, 4.69) is 22.8 Å². The van der Waals surface area contributed by atoms with Crippen LogP contribution in [0, 0.1) is 0 Å². The summed E-state index contributed by atoms with van der Waals surface area (Å²) >= 11 is 0. The fourth-order valence-electron chi connectivity index (χ4n) is 3.59. The minimum absolute atomic E-state index is 0.0674. The largest absolute Gasteiger partial charge is 0.491 e. The average molecular weight is 352 g/mol. The number of ether oxygens (including phenoxy) is 1. The van der Waals surface area contributed by atoms with Crippen LogP contribution < -0.4 is 4.74 Å². The van der Waals surface area contributed by atoms with Crippen LogP contribution in [0.4, 0.5) is 14.5 Å². The first-order valence-corrected chi connectivity index (χ1v) is 8.80. The van der Waals surface area contributed by atoms with Gasteiger partial charge in [0.25, 0.3) is 0 Å². The number of para-hydroxylation sites is 1. The highest BCUT2D eigenvalue weighted by Crippen LogP contribution is 2.30. The molecule has 0 bridgehead atoms. The molecule has 0 spiro atoms. The van der Waals surface area contributed by atoms with Crippen molar-refractivity contribution < 1.29 is 18.1 Å². The molecule has 26 heavy (non-hydrogen) atoms. The van der Waals surface area contributed by atoms with Crippen LogP contribution in [0.5, 0.6) is 5.75 Å². The summed E-state index contributed by atoms with van der Waals surface area (Å²) in [6, 6.07) is 20.1. The lowest BCUT2D eigenvalue weighted by Gasteiger charge is -2.07. The summed E-state index contributed by atoms with van der Waals surface area (Å²) < 4.78 is 32.8. The third kappa shape index (κ3) is 3.07. The zero-order valence-electron chi connectivity index (χ0n) is 14.4. The highest BCUT2D eigenvalue weighted by atomic mass is 19.1. The first-order chi connectivity index (χ1) is 12.8. The fourth-order valence-corrected chi connectivity index (χ4v) is 3.59. The van der Waals surface area contributed by atoms with E-state index in [1.54, 1.807) is 0 Å². The minimum atomic E-state index is -0.500. The Morgan fingerprint density at radius 1 is 0.885 bits per heavy atom. The van der Waals surface area contributed by atoms with Crippen molar-refractivity contribution in [2.75, 3.05) is 26.5 Å². The fraction of sp³-hybridized carbons (Fsp3) is 0.227. The van der Waals surface area contributed by atoms with Crippen LogP contribution in [0.1, 0.15) is 11.1 Å². The lowest BCUT2D eigenvalue weighted by atomic mass is 10.0. The van der Waals surface area contributed by atoms with E-state index in [-0.39, 0.29) is 13.3 Å². The molecule has 0 fully saturated rings. The van der Waals surface area contributed by atoms with Crippen molar-refractivity contribution in [3.8, 4) is 5.75 Å². The molecule has 0 unspecified atom stereocenters. The topological polar surface area (TPSA) is 12.2 Å². The maximum atomic E-state index is 13.1.